The molecule has 0 fully saturated rings. The summed E-state index contributed by atoms with van der Waals surface area (Å²) in [5.74, 6) is 1.22. The lowest BCUT2D eigenvalue weighted by molar-refractivity contribution is 0.362. The van der Waals surface area contributed by atoms with Crippen LogP contribution in [0, 0.1) is 6.92 Å². The van der Waals surface area contributed by atoms with Crippen LogP contribution in [0.5, 0.6) is 5.75 Å². The molecule has 0 radical (unpaired) electrons. The average Bonchev–Trinajstić information content (AvgIpc) is 2.18. The highest BCUT2D eigenvalue weighted by Crippen LogP contribution is 2.24. The number of benzene rings is 1. The topological polar surface area (TPSA) is 9.23 Å². The Morgan fingerprint density at radius 3 is 2.86 bits per heavy atom. The molecule has 0 aliphatic heterocycles. The zero-order valence-corrected chi connectivity index (χ0v) is 9.48. The van der Waals surface area contributed by atoms with Gasteiger partial charge in [0.05, 0.1) is 5.02 Å². The Morgan fingerprint density at radius 1 is 1.36 bits per heavy atom. The van der Waals surface area contributed by atoms with Crippen molar-refractivity contribution in [2.45, 2.75) is 6.92 Å². The number of hydrogen-bond donors (Lipinski definition) is 0. The molecule has 0 saturated carbocycles. The van der Waals surface area contributed by atoms with Crippen LogP contribution >= 0.6 is 23.2 Å². The Balaban J connectivity index is 2.57. The van der Waals surface area contributed by atoms with Crippen molar-refractivity contribution >= 4 is 23.2 Å². The van der Waals surface area contributed by atoms with Crippen LogP contribution in [-0.4, -0.2) is 12.5 Å². The van der Waals surface area contributed by atoms with Gasteiger partial charge in [0.2, 0.25) is 0 Å². The first-order valence-electron chi connectivity index (χ1n) is 4.34. The highest BCUT2D eigenvalue weighted by molar-refractivity contribution is 6.32. The summed E-state index contributed by atoms with van der Waals surface area (Å²) in [5.41, 5.74) is 1.13. The molecule has 0 heterocycles. The molecule has 0 aliphatic rings. The van der Waals surface area contributed by atoms with Crippen LogP contribution in [0.4, 0.5) is 0 Å². The van der Waals surface area contributed by atoms with Crippen LogP contribution in [0.25, 0.3) is 0 Å². The fraction of sp³-hybridized carbons (Fsp3) is 0.273. The van der Waals surface area contributed by atoms with Crippen molar-refractivity contribution < 1.29 is 4.74 Å². The first-order chi connectivity index (χ1) is 6.74. The number of hydrogen-bond acceptors (Lipinski definition) is 1. The van der Waals surface area contributed by atoms with E-state index in [2.05, 4.69) is 0 Å². The van der Waals surface area contributed by atoms with Gasteiger partial charge in [-0.1, -0.05) is 29.8 Å². The Hall–Kier alpha value is -0.660. The number of allylic oxidation sites excluding steroid dienone is 1. The average molecular weight is 231 g/mol. The lowest BCUT2D eigenvalue weighted by atomic mass is 10.2. The van der Waals surface area contributed by atoms with Gasteiger partial charge in [-0.05, 0) is 24.6 Å². The predicted octanol–water partition coefficient (Wildman–Crippen LogP) is 3.82. The van der Waals surface area contributed by atoms with Crippen molar-refractivity contribution in [1.29, 1.82) is 0 Å². The Bertz CT molecular complexity index is 321. The van der Waals surface area contributed by atoms with Crippen molar-refractivity contribution in [3.05, 3.63) is 40.9 Å². The maximum absolute atomic E-state index is 5.93. The van der Waals surface area contributed by atoms with Gasteiger partial charge in [0.1, 0.15) is 12.4 Å². The first-order valence-corrected chi connectivity index (χ1v) is 5.25. The third-order valence-corrected chi connectivity index (χ3v) is 2.17. The predicted molar refractivity (Wildman–Crippen MR) is 61.5 cm³/mol. The van der Waals surface area contributed by atoms with Crippen LogP contribution in [-0.2, 0) is 0 Å². The SMILES string of the molecule is Cc1ccc(Cl)c(OCC=CCCl)c1. The van der Waals surface area contributed by atoms with Crippen molar-refractivity contribution in [1.82, 2.24) is 0 Å². The van der Waals surface area contributed by atoms with Crippen molar-refractivity contribution in [2.24, 2.45) is 0 Å². The zero-order chi connectivity index (χ0) is 10.4. The van der Waals surface area contributed by atoms with E-state index in [-0.39, 0.29) is 0 Å². The van der Waals surface area contributed by atoms with Gasteiger partial charge >= 0.3 is 0 Å². The Morgan fingerprint density at radius 2 is 2.14 bits per heavy atom. The minimum atomic E-state index is 0.496. The molecule has 0 aromatic heterocycles. The number of ether oxygens (including phenoxy) is 1. The molecular weight excluding hydrogens is 219 g/mol. The lowest BCUT2D eigenvalue weighted by Crippen LogP contribution is -1.94. The molecular formula is C11H12Cl2O. The molecule has 1 aromatic rings. The number of rotatable bonds is 4. The minimum absolute atomic E-state index is 0.496. The van der Waals surface area contributed by atoms with E-state index in [1.807, 2.05) is 37.3 Å². The fourth-order valence-corrected chi connectivity index (χ4v) is 1.29. The molecule has 0 saturated heterocycles. The normalized spacial score (nSPS) is 10.8. The van der Waals surface area contributed by atoms with Crippen molar-refractivity contribution in [3.63, 3.8) is 0 Å². The second-order valence-electron chi connectivity index (χ2n) is 2.87. The van der Waals surface area contributed by atoms with Crippen molar-refractivity contribution in [2.75, 3.05) is 12.5 Å². The summed E-state index contributed by atoms with van der Waals surface area (Å²) >= 11 is 11.4. The summed E-state index contributed by atoms with van der Waals surface area (Å²) < 4.78 is 5.44. The molecule has 1 rings (SSSR count). The third-order valence-electron chi connectivity index (χ3n) is 1.68. The molecule has 3 heteroatoms. The maximum Gasteiger partial charge on any atom is 0.138 e. The molecule has 0 spiro atoms. The molecule has 0 unspecified atom stereocenters. The van der Waals surface area contributed by atoms with E-state index in [1.54, 1.807) is 0 Å². The van der Waals surface area contributed by atoms with Gasteiger partial charge in [0, 0.05) is 5.88 Å². The number of aryl methyl sites for hydroxylation is 1. The van der Waals surface area contributed by atoms with Crippen LogP contribution in [0.1, 0.15) is 5.56 Å². The summed E-state index contributed by atoms with van der Waals surface area (Å²) in [6.45, 7) is 2.49. The maximum atomic E-state index is 5.93. The smallest absolute Gasteiger partial charge is 0.138 e. The summed E-state index contributed by atoms with van der Waals surface area (Å²) in [4.78, 5) is 0. The van der Waals surface area contributed by atoms with Crippen molar-refractivity contribution in [3.8, 4) is 5.75 Å². The number of halogens is 2. The van der Waals surface area contributed by atoms with E-state index in [9.17, 15) is 0 Å². The molecule has 1 nitrogen and oxygen atoms in total. The lowest BCUT2D eigenvalue weighted by Gasteiger charge is -2.05. The van der Waals surface area contributed by atoms with Gasteiger partial charge in [-0.3, -0.25) is 0 Å². The highest BCUT2D eigenvalue weighted by atomic mass is 35.5. The van der Waals surface area contributed by atoms with Crippen LogP contribution in [0.15, 0.2) is 30.4 Å². The van der Waals surface area contributed by atoms with Gasteiger partial charge in [-0.25, -0.2) is 0 Å². The summed E-state index contributed by atoms with van der Waals surface area (Å²) in [6, 6.07) is 5.69. The molecule has 14 heavy (non-hydrogen) atoms. The summed E-state index contributed by atoms with van der Waals surface area (Å²) in [7, 11) is 0. The second kappa shape index (κ2) is 5.94. The van der Waals surface area contributed by atoms with Gasteiger partial charge < -0.3 is 4.74 Å². The minimum Gasteiger partial charge on any atom is -0.488 e. The van der Waals surface area contributed by atoms with Gasteiger partial charge in [0.25, 0.3) is 0 Å². The van der Waals surface area contributed by atoms with Crippen LogP contribution in [0.2, 0.25) is 5.02 Å². The Labute approximate surface area is 94.3 Å². The van der Waals surface area contributed by atoms with Gasteiger partial charge in [0.15, 0.2) is 0 Å². The largest absolute Gasteiger partial charge is 0.488 e. The molecule has 0 N–H and O–H groups in total. The van der Waals surface area contributed by atoms with E-state index < -0.39 is 0 Å². The fourth-order valence-electron chi connectivity index (χ4n) is 0.990. The number of alkyl halides is 1. The molecule has 0 amide bonds. The zero-order valence-electron chi connectivity index (χ0n) is 7.97. The van der Waals surface area contributed by atoms with Crippen LogP contribution < -0.4 is 4.74 Å². The summed E-state index contributed by atoms with van der Waals surface area (Å²) in [6.07, 6.45) is 3.71. The van der Waals surface area contributed by atoms with E-state index in [0.29, 0.717) is 23.3 Å². The van der Waals surface area contributed by atoms with E-state index in [4.69, 9.17) is 27.9 Å². The molecule has 0 bridgehead atoms. The third kappa shape index (κ3) is 3.60. The van der Waals surface area contributed by atoms with E-state index in [0.717, 1.165) is 5.56 Å². The molecule has 76 valence electrons. The molecule has 1 aromatic carbocycles. The monoisotopic (exact) mass is 230 g/mol. The van der Waals surface area contributed by atoms with Gasteiger partial charge in [-0.2, -0.15) is 0 Å². The molecule has 0 aliphatic carbocycles. The van der Waals surface area contributed by atoms with E-state index in [1.165, 1.54) is 0 Å². The summed E-state index contributed by atoms with van der Waals surface area (Å²) in [5, 5.41) is 0.634. The highest BCUT2D eigenvalue weighted by Gasteiger charge is 1.99. The standard InChI is InChI=1S/C11H12Cl2O/c1-9-4-5-10(13)11(8-9)14-7-3-2-6-12/h2-5,8H,6-7H2,1H3. The van der Waals surface area contributed by atoms with Crippen LogP contribution in [0.3, 0.4) is 0 Å². The second-order valence-corrected chi connectivity index (χ2v) is 3.59. The Kier molecular flexibility index (Phi) is 4.85. The first kappa shape index (κ1) is 11.4. The van der Waals surface area contributed by atoms with Gasteiger partial charge in [-0.15, -0.1) is 11.6 Å². The molecule has 0 atom stereocenters. The van der Waals surface area contributed by atoms with E-state index >= 15 is 0 Å². The quantitative estimate of drug-likeness (QED) is 0.565.